The monoisotopic (exact) mass is 1430 g/mol. The van der Waals surface area contributed by atoms with Gasteiger partial charge in [0.15, 0.2) is 6.10 Å². The van der Waals surface area contributed by atoms with Crippen molar-refractivity contribution in [1.29, 1.82) is 0 Å². The second kappa shape index (κ2) is 82.3. The third-order valence-electron chi connectivity index (χ3n) is 18.0. The number of hydrogen-bond acceptors (Lipinski definition) is 7. The molecule has 0 saturated carbocycles. The van der Waals surface area contributed by atoms with Crippen molar-refractivity contribution in [2.75, 3.05) is 47.5 Å². The van der Waals surface area contributed by atoms with Crippen molar-refractivity contribution in [2.24, 2.45) is 0 Å². The first kappa shape index (κ1) is 97.7. The highest BCUT2D eigenvalue weighted by molar-refractivity contribution is 5.71. The minimum absolute atomic E-state index is 0.181. The van der Waals surface area contributed by atoms with Gasteiger partial charge in [0, 0.05) is 12.8 Å². The van der Waals surface area contributed by atoms with Gasteiger partial charge < -0.3 is 28.5 Å². The van der Waals surface area contributed by atoms with Gasteiger partial charge in [0.05, 0.1) is 34.4 Å². The molecule has 0 rings (SSSR count). The standard InChI is InChI=1S/C94H157NO8/c1-6-8-10-12-14-16-18-20-22-24-26-28-30-32-34-36-38-40-42-44-45-46-47-49-50-52-54-56-58-60-62-64-66-68-70-72-74-76-78-80-82-84-91(96)101-88-90(89-102-94(93(98)99)100-87-86-95(3,4)5)103-92(97)85-83-81-79-77-75-73-71-69-67-65-63-61-59-57-55-53-51-48-43-41-39-37-35-33-31-29-27-25-23-21-19-17-15-13-11-9-7-2/h8-11,14-17,20-23,26-29,32-35,39,41,48,51,55,57,61,63,90,94H,6-7,12-13,18-19,24-25,30-31,36-38,40,42-47,49-50,52-54,56,58-60,62,64-89H2,1-5H3/p+1/b10-8-,11-9-,16-14-,17-15-,22-20-,23-21-,28-26-,29-27-,34-32-,35-33-,41-39-,51-48-,57-55-,63-61-. The summed E-state index contributed by atoms with van der Waals surface area (Å²) < 4.78 is 23.1. The largest absolute Gasteiger partial charge is 0.477 e. The fourth-order valence-electron chi connectivity index (χ4n) is 11.6. The zero-order valence-electron chi connectivity index (χ0n) is 67.2. The maximum absolute atomic E-state index is 13.0. The van der Waals surface area contributed by atoms with E-state index in [1.807, 2.05) is 21.1 Å². The molecule has 0 aliphatic heterocycles. The summed E-state index contributed by atoms with van der Waals surface area (Å²) in [6.07, 6.45) is 121. The van der Waals surface area contributed by atoms with Crippen molar-refractivity contribution < 1.29 is 42.9 Å². The average molecular weight is 1430 g/mol. The van der Waals surface area contributed by atoms with Crippen molar-refractivity contribution in [3.8, 4) is 0 Å². The number of likely N-dealkylation sites (N-methyl/N-ethyl adjacent to an activating group) is 1. The summed E-state index contributed by atoms with van der Waals surface area (Å²) in [5, 5.41) is 9.79. The Morgan fingerprint density at radius 3 is 0.777 bits per heavy atom. The molecule has 0 radical (unpaired) electrons. The van der Waals surface area contributed by atoms with Crippen LogP contribution < -0.4 is 0 Å². The molecule has 0 saturated heterocycles. The van der Waals surface area contributed by atoms with Gasteiger partial charge in [-0.25, -0.2) is 4.79 Å². The highest BCUT2D eigenvalue weighted by Gasteiger charge is 2.25. The van der Waals surface area contributed by atoms with Crippen molar-refractivity contribution in [2.45, 2.75) is 360 Å². The molecule has 2 atom stereocenters. The molecule has 1 N–H and O–H groups in total. The molecule has 586 valence electrons. The zero-order valence-corrected chi connectivity index (χ0v) is 67.2. The molecule has 9 heteroatoms. The van der Waals surface area contributed by atoms with Gasteiger partial charge in [0.1, 0.15) is 13.2 Å². The van der Waals surface area contributed by atoms with Crippen LogP contribution in [0, 0.1) is 0 Å². The smallest absolute Gasteiger partial charge is 0.361 e. The van der Waals surface area contributed by atoms with Gasteiger partial charge in [0.25, 0.3) is 6.29 Å². The summed E-state index contributed by atoms with van der Waals surface area (Å²) in [6, 6.07) is 0. The summed E-state index contributed by atoms with van der Waals surface area (Å²) in [5.41, 5.74) is 0. The molecular weight excluding hydrogens is 1270 g/mol. The Balaban J connectivity index is 4.03. The fraction of sp³-hybridized carbons (Fsp3) is 0.670. The van der Waals surface area contributed by atoms with Gasteiger partial charge in [-0.3, -0.25) is 9.59 Å². The SMILES string of the molecule is CC/C=C\C/C=C\C/C=C\C/C=C\C/C=C\C/C=C\C/C=C\C/C=C\C/C=C\CCCCCCCCCCCC(=O)OC(COC(=O)CCCCCCCCCCCCCCCCCCCCCCCCCCC/C=C\C/C=C\C/C=C\C/C=C\C/C=C\CC)COC(OCC[N+](C)(C)C)C(=O)O. The van der Waals surface area contributed by atoms with Crippen LogP contribution >= 0.6 is 0 Å². The highest BCUT2D eigenvalue weighted by Crippen LogP contribution is 2.19. The highest BCUT2D eigenvalue weighted by atomic mass is 16.7. The van der Waals surface area contributed by atoms with Crippen molar-refractivity contribution in [3.05, 3.63) is 170 Å². The summed E-state index contributed by atoms with van der Waals surface area (Å²) >= 11 is 0. The Labute approximate surface area is 635 Å². The summed E-state index contributed by atoms with van der Waals surface area (Å²) in [4.78, 5) is 37.8. The molecule has 0 fully saturated rings. The predicted molar refractivity (Wildman–Crippen MR) is 446 cm³/mol. The van der Waals surface area contributed by atoms with Gasteiger partial charge in [-0.05, 0) is 128 Å². The van der Waals surface area contributed by atoms with Crippen LogP contribution in [-0.4, -0.2) is 87.4 Å². The number of carboxylic acid groups (broad SMARTS) is 1. The predicted octanol–water partition coefficient (Wildman–Crippen LogP) is 27.7. The number of nitrogens with zero attached hydrogens (tertiary/aromatic N) is 1. The quantitative estimate of drug-likeness (QED) is 0.0211. The van der Waals surface area contributed by atoms with E-state index in [1.54, 1.807) is 0 Å². The van der Waals surface area contributed by atoms with Crippen molar-refractivity contribution in [1.82, 2.24) is 0 Å². The molecule has 2 unspecified atom stereocenters. The van der Waals surface area contributed by atoms with Gasteiger partial charge in [-0.1, -0.05) is 377 Å². The van der Waals surface area contributed by atoms with Crippen LogP contribution in [0.2, 0.25) is 0 Å². The minimum Gasteiger partial charge on any atom is -0.477 e. The third-order valence-corrected chi connectivity index (χ3v) is 18.0. The van der Waals surface area contributed by atoms with E-state index >= 15 is 0 Å². The summed E-state index contributed by atoms with van der Waals surface area (Å²) in [7, 11) is 5.98. The van der Waals surface area contributed by atoms with Crippen LogP contribution in [0.25, 0.3) is 0 Å². The van der Waals surface area contributed by atoms with Gasteiger partial charge in [0.2, 0.25) is 0 Å². The molecule has 0 aromatic rings. The normalized spacial score (nSPS) is 13.5. The topological polar surface area (TPSA) is 108 Å². The Kier molecular flexibility index (Phi) is 78.0. The maximum atomic E-state index is 13.0. The van der Waals surface area contributed by atoms with E-state index in [9.17, 15) is 19.5 Å². The number of carbonyl (C=O) groups is 3. The van der Waals surface area contributed by atoms with E-state index in [0.29, 0.717) is 23.9 Å². The van der Waals surface area contributed by atoms with E-state index in [1.165, 1.54) is 180 Å². The number of carbonyl (C=O) groups excluding carboxylic acids is 2. The van der Waals surface area contributed by atoms with Crippen LogP contribution in [-0.2, 0) is 33.3 Å². The number of hydrogen-bond donors (Lipinski definition) is 1. The number of rotatable bonds is 77. The minimum atomic E-state index is -1.52. The number of ether oxygens (including phenoxy) is 4. The lowest BCUT2D eigenvalue weighted by Crippen LogP contribution is -2.40. The van der Waals surface area contributed by atoms with Crippen molar-refractivity contribution >= 4 is 17.9 Å². The van der Waals surface area contributed by atoms with Gasteiger partial charge in [-0.15, -0.1) is 0 Å². The molecule has 0 amide bonds. The number of aliphatic carboxylic acids is 1. The van der Waals surface area contributed by atoms with Crippen LogP contribution in [0.15, 0.2) is 170 Å². The number of quaternary nitrogens is 1. The first-order valence-corrected chi connectivity index (χ1v) is 42.3. The first-order chi connectivity index (χ1) is 50.6. The van der Waals surface area contributed by atoms with Crippen LogP contribution in [0.5, 0.6) is 0 Å². The molecule has 0 aromatic carbocycles. The van der Waals surface area contributed by atoms with Crippen LogP contribution in [0.4, 0.5) is 0 Å². The van der Waals surface area contributed by atoms with Gasteiger partial charge >= 0.3 is 17.9 Å². The Hall–Kier alpha value is -5.35. The lowest BCUT2D eigenvalue weighted by molar-refractivity contribution is -0.870. The van der Waals surface area contributed by atoms with Crippen LogP contribution in [0.1, 0.15) is 348 Å². The van der Waals surface area contributed by atoms with Crippen LogP contribution in [0.3, 0.4) is 0 Å². The molecule has 0 aromatic heterocycles. The molecule has 0 spiro atoms. The summed E-state index contributed by atoms with van der Waals surface area (Å²) in [6.45, 7) is 4.66. The van der Waals surface area contributed by atoms with Gasteiger partial charge in [-0.2, -0.15) is 0 Å². The fourth-order valence-corrected chi connectivity index (χ4v) is 11.6. The Morgan fingerprint density at radius 1 is 0.291 bits per heavy atom. The van der Waals surface area contributed by atoms with Crippen molar-refractivity contribution in [3.63, 3.8) is 0 Å². The molecule has 0 bridgehead atoms. The number of carboxylic acids is 1. The van der Waals surface area contributed by atoms with E-state index in [-0.39, 0.29) is 32.2 Å². The second-order valence-electron chi connectivity index (χ2n) is 29.0. The molecule has 0 aliphatic rings. The molecule has 9 nitrogen and oxygen atoms in total. The molecule has 0 aliphatic carbocycles. The van der Waals surface area contributed by atoms with E-state index in [2.05, 4.69) is 184 Å². The maximum Gasteiger partial charge on any atom is 0.361 e. The first-order valence-electron chi connectivity index (χ1n) is 42.3. The molecule has 103 heavy (non-hydrogen) atoms. The average Bonchev–Trinajstić information content (AvgIpc) is 1.16. The summed E-state index contributed by atoms with van der Waals surface area (Å²) in [5.74, 6) is -2.01. The zero-order chi connectivity index (χ0) is 74.6. The lowest BCUT2D eigenvalue weighted by Gasteiger charge is -2.25. The number of allylic oxidation sites excluding steroid dienone is 28. The van der Waals surface area contributed by atoms with E-state index < -0.39 is 24.3 Å². The number of esters is 2. The Morgan fingerprint density at radius 2 is 0.524 bits per heavy atom. The van der Waals surface area contributed by atoms with E-state index in [4.69, 9.17) is 18.9 Å². The Bertz CT molecular complexity index is 2310. The second-order valence-corrected chi connectivity index (χ2v) is 29.0. The third kappa shape index (κ3) is 83.8. The molecule has 0 heterocycles. The lowest BCUT2D eigenvalue weighted by atomic mass is 10.0. The number of unbranched alkanes of at least 4 members (excludes halogenated alkanes) is 34. The van der Waals surface area contributed by atoms with E-state index in [0.717, 1.165) is 135 Å². The molecular formula is C94H158NO8+.